The third-order valence-corrected chi connectivity index (χ3v) is 8.83. The van der Waals surface area contributed by atoms with Crippen LogP contribution in [0, 0.1) is 40.9 Å². The van der Waals surface area contributed by atoms with Crippen molar-refractivity contribution in [2.24, 2.45) is 28.6 Å². The van der Waals surface area contributed by atoms with Gasteiger partial charge in [0.1, 0.15) is 11.7 Å². The van der Waals surface area contributed by atoms with Crippen LogP contribution in [-0.2, 0) is 9.53 Å². The van der Waals surface area contributed by atoms with Gasteiger partial charge in [0.2, 0.25) is 0 Å². The molecule has 0 heterocycles. The molecule has 4 aliphatic rings. The second kappa shape index (κ2) is 6.31. The highest BCUT2D eigenvalue weighted by molar-refractivity contribution is 5.66. The molecule has 154 valence electrons. The second-order valence-corrected chi connectivity index (χ2v) is 9.91. The van der Waals surface area contributed by atoms with Crippen LogP contribution in [0.2, 0.25) is 0 Å². The van der Waals surface area contributed by atoms with Crippen LogP contribution in [0.5, 0.6) is 0 Å². The fourth-order valence-corrected chi connectivity index (χ4v) is 7.23. The highest BCUT2D eigenvalue weighted by Crippen LogP contribution is 2.67. The normalized spacial score (nSPS) is 52.5. The molecule has 5 heteroatoms. The monoisotopic (exact) mass is 390 g/mol. The molecule has 3 fully saturated rings. The smallest absolute Gasteiger partial charge is 0.303 e. The second-order valence-electron chi connectivity index (χ2n) is 9.91. The molecule has 4 rings (SSSR count). The maximum Gasteiger partial charge on any atom is 0.303 e. The van der Waals surface area contributed by atoms with E-state index in [4.69, 9.17) is 11.2 Å². The fourth-order valence-electron chi connectivity index (χ4n) is 7.23. The molecule has 4 unspecified atom stereocenters. The summed E-state index contributed by atoms with van der Waals surface area (Å²) in [5.41, 5.74) is -1.33. The highest BCUT2D eigenvalue weighted by Gasteiger charge is 2.65. The van der Waals surface area contributed by atoms with Crippen molar-refractivity contribution in [3.63, 3.8) is 0 Å². The van der Waals surface area contributed by atoms with E-state index in [0.717, 1.165) is 25.7 Å². The van der Waals surface area contributed by atoms with Crippen molar-refractivity contribution in [2.75, 3.05) is 0 Å². The first kappa shape index (κ1) is 19.9. The Bertz CT molecular complexity index is 756. The maximum atomic E-state index is 15.3. The van der Waals surface area contributed by atoms with E-state index in [0.29, 0.717) is 18.4 Å². The lowest BCUT2D eigenvalue weighted by molar-refractivity contribution is -0.155. The van der Waals surface area contributed by atoms with Gasteiger partial charge in [-0.25, -0.2) is 4.39 Å². The van der Waals surface area contributed by atoms with Gasteiger partial charge in [-0.05, 0) is 67.3 Å². The number of hydrogen-bond acceptors (Lipinski definition) is 4. The molecular weight excluding hydrogens is 359 g/mol. The summed E-state index contributed by atoms with van der Waals surface area (Å²) in [7, 11) is 0. The summed E-state index contributed by atoms with van der Waals surface area (Å²) in [5, 5.41) is 22.1. The van der Waals surface area contributed by atoms with Gasteiger partial charge >= 0.3 is 5.97 Å². The van der Waals surface area contributed by atoms with Crippen molar-refractivity contribution in [3.05, 3.63) is 11.6 Å². The first-order valence-corrected chi connectivity index (χ1v) is 10.5. The van der Waals surface area contributed by atoms with Crippen molar-refractivity contribution in [3.8, 4) is 12.3 Å². The standard InChI is InChI=1S/C23H31FO4/c1-5-23(27)11-7-15-19-14(6-10-22(15,23)4)21(3)9-8-18(28-13(2)25)20(24)16(21)12-17(19)26/h1,12,14-15,17-20,26-27H,6-11H2,2-4H3/t14-,15+,17?,18?,19-,20?,21-,22+,23?/m1/s1. The summed E-state index contributed by atoms with van der Waals surface area (Å²) in [6.45, 7) is 5.46. The van der Waals surface area contributed by atoms with Crippen LogP contribution in [0.3, 0.4) is 0 Å². The molecule has 0 spiro atoms. The van der Waals surface area contributed by atoms with Gasteiger partial charge in [-0.1, -0.05) is 25.8 Å². The van der Waals surface area contributed by atoms with E-state index in [1.807, 2.05) is 0 Å². The average molecular weight is 390 g/mol. The summed E-state index contributed by atoms with van der Waals surface area (Å²) in [5.74, 6) is 2.38. The Kier molecular flexibility index (Phi) is 4.49. The molecule has 4 nitrogen and oxygen atoms in total. The molecule has 0 bridgehead atoms. The number of terminal acetylenes is 1. The zero-order valence-corrected chi connectivity index (χ0v) is 17.0. The summed E-state index contributed by atoms with van der Waals surface area (Å²) >= 11 is 0. The van der Waals surface area contributed by atoms with E-state index in [1.165, 1.54) is 6.92 Å². The van der Waals surface area contributed by atoms with Crippen LogP contribution in [0.1, 0.15) is 59.3 Å². The average Bonchev–Trinajstić information content (AvgIpc) is 2.91. The third-order valence-electron chi connectivity index (χ3n) is 8.83. The van der Waals surface area contributed by atoms with Gasteiger partial charge in [-0.3, -0.25) is 4.79 Å². The summed E-state index contributed by atoms with van der Waals surface area (Å²) < 4.78 is 20.5. The molecule has 0 aliphatic heterocycles. The number of carbonyl (C=O) groups is 1. The number of aliphatic hydroxyl groups excluding tert-OH is 1. The molecular formula is C23H31FO4. The number of esters is 1. The molecule has 0 radical (unpaired) electrons. The molecule has 9 atom stereocenters. The minimum absolute atomic E-state index is 0.0349. The number of rotatable bonds is 1. The Morgan fingerprint density at radius 3 is 2.57 bits per heavy atom. The van der Waals surface area contributed by atoms with Crippen LogP contribution in [0.4, 0.5) is 4.39 Å². The van der Waals surface area contributed by atoms with Gasteiger partial charge in [0.15, 0.2) is 6.17 Å². The van der Waals surface area contributed by atoms with E-state index in [-0.39, 0.29) is 23.2 Å². The molecule has 0 aromatic carbocycles. The Hall–Kier alpha value is -1.38. The van der Waals surface area contributed by atoms with E-state index < -0.39 is 35.4 Å². The minimum atomic E-state index is -1.38. The number of alkyl halides is 1. The van der Waals surface area contributed by atoms with Crippen molar-refractivity contribution < 1.29 is 24.1 Å². The van der Waals surface area contributed by atoms with E-state index in [2.05, 4.69) is 19.8 Å². The van der Waals surface area contributed by atoms with Crippen molar-refractivity contribution in [1.82, 2.24) is 0 Å². The number of hydrogen-bond donors (Lipinski definition) is 2. The largest absolute Gasteiger partial charge is 0.459 e. The maximum absolute atomic E-state index is 15.3. The van der Waals surface area contributed by atoms with Crippen LogP contribution >= 0.6 is 0 Å². The SMILES string of the molecule is C#CC1(O)CC[C@H]2[C@@H]3C(O)C=C4C(F)C(OC(C)=O)CC[C@]4(C)[C@@H]3CC[C@@]21C. The predicted molar refractivity (Wildman–Crippen MR) is 103 cm³/mol. The van der Waals surface area contributed by atoms with Crippen LogP contribution in [-0.4, -0.2) is 40.2 Å². The van der Waals surface area contributed by atoms with Gasteiger partial charge < -0.3 is 14.9 Å². The molecule has 3 saturated carbocycles. The lowest BCUT2D eigenvalue weighted by Crippen LogP contribution is -2.59. The van der Waals surface area contributed by atoms with Crippen LogP contribution in [0.15, 0.2) is 11.6 Å². The summed E-state index contributed by atoms with van der Waals surface area (Å²) in [6, 6.07) is 0. The number of ether oxygens (including phenoxy) is 1. The van der Waals surface area contributed by atoms with Gasteiger partial charge in [0.05, 0.1) is 6.10 Å². The Labute approximate surface area is 166 Å². The van der Waals surface area contributed by atoms with Crippen LogP contribution in [0.25, 0.3) is 0 Å². The molecule has 28 heavy (non-hydrogen) atoms. The van der Waals surface area contributed by atoms with Gasteiger partial charge in [-0.15, -0.1) is 6.42 Å². The van der Waals surface area contributed by atoms with Gasteiger partial charge in [-0.2, -0.15) is 0 Å². The molecule has 0 aromatic rings. The predicted octanol–water partition coefficient (Wildman–Crippen LogP) is 3.16. The topological polar surface area (TPSA) is 66.8 Å². The number of carbonyl (C=O) groups excluding carboxylic acids is 1. The minimum Gasteiger partial charge on any atom is -0.459 e. The van der Waals surface area contributed by atoms with Gasteiger partial charge in [0.25, 0.3) is 0 Å². The van der Waals surface area contributed by atoms with E-state index in [1.54, 1.807) is 6.08 Å². The van der Waals surface area contributed by atoms with Crippen molar-refractivity contribution >= 4 is 5.97 Å². The third kappa shape index (κ3) is 2.47. The molecule has 0 aromatic heterocycles. The number of halogens is 1. The molecule has 0 saturated heterocycles. The quantitative estimate of drug-likeness (QED) is 0.410. The lowest BCUT2D eigenvalue weighted by atomic mass is 9.46. The zero-order chi connectivity index (χ0) is 20.5. The van der Waals surface area contributed by atoms with E-state index in [9.17, 15) is 15.0 Å². The first-order valence-electron chi connectivity index (χ1n) is 10.5. The molecule has 4 aliphatic carbocycles. The Morgan fingerprint density at radius 2 is 1.93 bits per heavy atom. The van der Waals surface area contributed by atoms with Crippen molar-refractivity contribution in [2.45, 2.75) is 83.3 Å². The Morgan fingerprint density at radius 1 is 1.25 bits per heavy atom. The van der Waals surface area contributed by atoms with E-state index >= 15 is 4.39 Å². The van der Waals surface area contributed by atoms with Crippen LogP contribution < -0.4 is 0 Å². The Balaban J connectivity index is 1.70. The fraction of sp³-hybridized carbons (Fsp3) is 0.783. The molecule has 2 N–H and O–H groups in total. The zero-order valence-electron chi connectivity index (χ0n) is 17.0. The first-order chi connectivity index (χ1) is 13.1. The molecule has 0 amide bonds. The van der Waals surface area contributed by atoms with Gasteiger partial charge in [0, 0.05) is 12.3 Å². The number of aliphatic hydroxyl groups is 2. The van der Waals surface area contributed by atoms with Crippen molar-refractivity contribution in [1.29, 1.82) is 0 Å². The lowest BCUT2D eigenvalue weighted by Gasteiger charge is -2.59. The summed E-state index contributed by atoms with van der Waals surface area (Å²) in [6.07, 6.45) is 8.60. The summed E-state index contributed by atoms with van der Waals surface area (Å²) in [4.78, 5) is 11.3. The highest BCUT2D eigenvalue weighted by atomic mass is 19.1. The number of fused-ring (bicyclic) bond motifs is 5.